The zero-order chi connectivity index (χ0) is 11.4. The molecule has 0 N–H and O–H groups in total. The van der Waals surface area contributed by atoms with E-state index < -0.39 is 6.43 Å². The molecule has 0 amide bonds. The molecule has 5 heteroatoms. The van der Waals surface area contributed by atoms with E-state index >= 15 is 0 Å². The normalized spacial score (nSPS) is 10.4. The number of nitrogens with zero attached hydrogens (tertiary/aromatic N) is 2. The Morgan fingerprint density at radius 2 is 2.27 bits per heavy atom. The van der Waals surface area contributed by atoms with Gasteiger partial charge in [-0.15, -0.1) is 11.6 Å². The largest absolute Gasteiger partial charge is 0.265 e. The van der Waals surface area contributed by atoms with Gasteiger partial charge in [-0.2, -0.15) is 5.26 Å². The molecule has 1 rings (SSSR count). The first-order chi connectivity index (χ1) is 7.11. The summed E-state index contributed by atoms with van der Waals surface area (Å²) in [6, 6.07) is 1.87. The number of hydrogen-bond acceptors (Lipinski definition) is 2. The third-order valence-electron chi connectivity index (χ3n) is 2.13. The van der Waals surface area contributed by atoms with Crippen LogP contribution in [0.1, 0.15) is 28.8 Å². The SMILES string of the molecule is Cc1cnc(CCl)c(C(F)F)c1CC#N. The molecule has 0 radical (unpaired) electrons. The van der Waals surface area contributed by atoms with E-state index in [4.69, 9.17) is 16.9 Å². The van der Waals surface area contributed by atoms with Crippen molar-refractivity contribution in [1.29, 1.82) is 5.26 Å². The fraction of sp³-hybridized carbons (Fsp3) is 0.400. The van der Waals surface area contributed by atoms with Crippen molar-refractivity contribution < 1.29 is 8.78 Å². The van der Waals surface area contributed by atoms with Crippen LogP contribution < -0.4 is 0 Å². The van der Waals surface area contributed by atoms with Crippen LogP contribution in [0.3, 0.4) is 0 Å². The van der Waals surface area contributed by atoms with Gasteiger partial charge in [0, 0.05) is 11.8 Å². The van der Waals surface area contributed by atoms with Crippen LogP contribution in [-0.2, 0) is 12.3 Å². The van der Waals surface area contributed by atoms with Gasteiger partial charge in [0.25, 0.3) is 6.43 Å². The van der Waals surface area contributed by atoms with Crippen molar-refractivity contribution >= 4 is 11.6 Å². The molecule has 1 aromatic rings. The van der Waals surface area contributed by atoms with Gasteiger partial charge in [-0.1, -0.05) is 0 Å². The molecule has 0 atom stereocenters. The standard InChI is InChI=1S/C10H9ClF2N2/c1-6-5-15-8(4-11)9(10(12)13)7(6)2-3-14/h5,10H,2,4H2,1H3. The van der Waals surface area contributed by atoms with E-state index in [2.05, 4.69) is 4.98 Å². The Kier molecular flexibility index (Phi) is 3.98. The Morgan fingerprint density at radius 1 is 1.60 bits per heavy atom. The quantitative estimate of drug-likeness (QED) is 0.748. The minimum Gasteiger partial charge on any atom is -0.259 e. The van der Waals surface area contributed by atoms with E-state index in [1.807, 2.05) is 6.07 Å². The van der Waals surface area contributed by atoms with E-state index in [1.165, 1.54) is 6.20 Å². The van der Waals surface area contributed by atoms with Crippen LogP contribution in [0.15, 0.2) is 6.20 Å². The van der Waals surface area contributed by atoms with E-state index in [1.54, 1.807) is 6.92 Å². The summed E-state index contributed by atoms with van der Waals surface area (Å²) in [6.07, 6.45) is -1.22. The molecule has 0 aliphatic carbocycles. The average Bonchev–Trinajstić information content (AvgIpc) is 2.20. The fourth-order valence-electron chi connectivity index (χ4n) is 1.39. The minimum absolute atomic E-state index is 0.0437. The topological polar surface area (TPSA) is 36.7 Å². The van der Waals surface area contributed by atoms with Gasteiger partial charge in [-0.3, -0.25) is 4.98 Å². The van der Waals surface area contributed by atoms with Crippen molar-refractivity contribution in [2.45, 2.75) is 25.7 Å². The van der Waals surface area contributed by atoms with E-state index in [0.717, 1.165) is 0 Å². The van der Waals surface area contributed by atoms with Crippen LogP contribution in [0.2, 0.25) is 0 Å². The van der Waals surface area contributed by atoms with Gasteiger partial charge < -0.3 is 0 Å². The summed E-state index contributed by atoms with van der Waals surface area (Å²) in [4.78, 5) is 3.84. The van der Waals surface area contributed by atoms with Gasteiger partial charge in [-0.05, 0) is 18.1 Å². The zero-order valence-electron chi connectivity index (χ0n) is 8.10. The first-order valence-electron chi connectivity index (χ1n) is 4.30. The molecule has 0 spiro atoms. The number of nitriles is 1. The highest BCUT2D eigenvalue weighted by atomic mass is 35.5. The average molecular weight is 231 g/mol. The summed E-state index contributed by atoms with van der Waals surface area (Å²) in [7, 11) is 0. The maximum atomic E-state index is 12.8. The van der Waals surface area contributed by atoms with E-state index in [-0.39, 0.29) is 23.6 Å². The molecule has 0 saturated heterocycles. The zero-order valence-corrected chi connectivity index (χ0v) is 8.85. The highest BCUT2D eigenvalue weighted by Crippen LogP contribution is 2.28. The van der Waals surface area contributed by atoms with Gasteiger partial charge in [0.1, 0.15) is 0 Å². The van der Waals surface area contributed by atoms with Crippen LogP contribution in [-0.4, -0.2) is 4.98 Å². The van der Waals surface area contributed by atoms with Crippen molar-refractivity contribution in [2.24, 2.45) is 0 Å². The lowest BCUT2D eigenvalue weighted by Crippen LogP contribution is -2.04. The molecule has 0 bridgehead atoms. The third-order valence-corrected chi connectivity index (χ3v) is 2.38. The lowest BCUT2D eigenvalue weighted by molar-refractivity contribution is 0.149. The second kappa shape index (κ2) is 5.04. The van der Waals surface area contributed by atoms with E-state index in [9.17, 15) is 8.78 Å². The Morgan fingerprint density at radius 3 is 2.73 bits per heavy atom. The molecule has 0 aromatic carbocycles. The predicted molar refractivity (Wildman–Crippen MR) is 52.8 cm³/mol. The lowest BCUT2D eigenvalue weighted by Gasteiger charge is -2.12. The molecule has 80 valence electrons. The molecule has 0 aliphatic rings. The molecule has 0 saturated carbocycles. The van der Waals surface area contributed by atoms with Crippen LogP contribution in [0.25, 0.3) is 0 Å². The number of alkyl halides is 3. The molecule has 1 heterocycles. The molecular formula is C10H9ClF2N2. The summed E-state index contributed by atoms with van der Waals surface area (Å²) in [5.74, 6) is -0.0710. The summed E-state index contributed by atoms with van der Waals surface area (Å²) in [5, 5.41) is 8.57. The molecule has 2 nitrogen and oxygen atoms in total. The Bertz CT molecular complexity index is 399. The summed E-state index contributed by atoms with van der Waals surface area (Å²) < 4.78 is 25.5. The highest BCUT2D eigenvalue weighted by Gasteiger charge is 2.19. The van der Waals surface area contributed by atoms with Crippen LogP contribution in [0.4, 0.5) is 8.78 Å². The maximum Gasteiger partial charge on any atom is 0.265 e. The maximum absolute atomic E-state index is 12.8. The highest BCUT2D eigenvalue weighted by molar-refractivity contribution is 6.17. The lowest BCUT2D eigenvalue weighted by atomic mass is 10.0. The fourth-order valence-corrected chi connectivity index (χ4v) is 1.60. The number of aromatic nitrogens is 1. The van der Waals surface area contributed by atoms with Crippen LogP contribution >= 0.6 is 11.6 Å². The predicted octanol–water partition coefficient (Wildman–Crippen LogP) is 3.13. The van der Waals surface area contributed by atoms with Crippen molar-refractivity contribution in [2.75, 3.05) is 0 Å². The molecule has 0 unspecified atom stereocenters. The van der Waals surface area contributed by atoms with Gasteiger partial charge in [0.05, 0.1) is 24.1 Å². The van der Waals surface area contributed by atoms with Crippen molar-refractivity contribution in [1.82, 2.24) is 4.98 Å². The van der Waals surface area contributed by atoms with Gasteiger partial charge >= 0.3 is 0 Å². The number of pyridine rings is 1. The Labute approximate surface area is 91.5 Å². The second-order valence-corrected chi connectivity index (χ2v) is 3.32. The van der Waals surface area contributed by atoms with Crippen LogP contribution in [0.5, 0.6) is 0 Å². The monoisotopic (exact) mass is 230 g/mol. The second-order valence-electron chi connectivity index (χ2n) is 3.05. The summed E-state index contributed by atoms with van der Waals surface area (Å²) >= 11 is 5.52. The van der Waals surface area contributed by atoms with E-state index in [0.29, 0.717) is 11.1 Å². The smallest absolute Gasteiger partial charge is 0.259 e. The molecule has 0 aliphatic heterocycles. The van der Waals surface area contributed by atoms with Crippen molar-refractivity contribution in [3.05, 3.63) is 28.6 Å². The molecular weight excluding hydrogens is 222 g/mol. The summed E-state index contributed by atoms with van der Waals surface area (Å²) in [5.41, 5.74) is 0.910. The van der Waals surface area contributed by atoms with Crippen molar-refractivity contribution in [3.8, 4) is 6.07 Å². The number of hydrogen-bond donors (Lipinski definition) is 0. The van der Waals surface area contributed by atoms with Gasteiger partial charge in [0.2, 0.25) is 0 Å². The third kappa shape index (κ3) is 2.42. The number of rotatable bonds is 3. The molecule has 0 fully saturated rings. The minimum atomic E-state index is -2.64. The Hall–Kier alpha value is -1.21. The first-order valence-corrected chi connectivity index (χ1v) is 4.83. The number of aryl methyl sites for hydroxylation is 1. The van der Waals surface area contributed by atoms with Crippen LogP contribution in [0, 0.1) is 18.3 Å². The number of halogens is 3. The van der Waals surface area contributed by atoms with Gasteiger partial charge in [-0.25, -0.2) is 8.78 Å². The molecule has 1 aromatic heterocycles. The summed E-state index contributed by atoms with van der Waals surface area (Å²) in [6.45, 7) is 1.66. The Balaban J connectivity index is 3.38. The van der Waals surface area contributed by atoms with Gasteiger partial charge in [0.15, 0.2) is 0 Å². The molecule has 15 heavy (non-hydrogen) atoms. The first kappa shape index (κ1) is 11.9. The van der Waals surface area contributed by atoms with Crippen molar-refractivity contribution in [3.63, 3.8) is 0 Å².